The molecule has 0 fully saturated rings. The van der Waals surface area contributed by atoms with E-state index in [0.29, 0.717) is 5.32 Å². The first kappa shape index (κ1) is 37.5. The Balaban J connectivity index is 1.04. The van der Waals surface area contributed by atoms with Crippen LogP contribution in [0.4, 0.5) is 4.79 Å². The molecule has 0 spiro atoms. The molecule has 0 unspecified atom stereocenters. The number of benzene rings is 6. The summed E-state index contributed by atoms with van der Waals surface area (Å²) in [5.41, 5.74) is 7.79. The number of carbonyl (C=O) groups excluding carboxylic acids is 3. The van der Waals surface area contributed by atoms with E-state index in [1.54, 1.807) is 0 Å². The van der Waals surface area contributed by atoms with E-state index < -0.39 is 36.2 Å². The van der Waals surface area contributed by atoms with Gasteiger partial charge in [0.05, 0.1) is 0 Å². The number of H-pyrrole nitrogens is 1. The van der Waals surface area contributed by atoms with E-state index >= 15 is 0 Å². The van der Waals surface area contributed by atoms with Gasteiger partial charge in [-0.3, -0.25) is 0 Å². The molecule has 2 amide bonds. The van der Waals surface area contributed by atoms with E-state index in [1.165, 1.54) is 0 Å². The molecule has 6 aromatic carbocycles. The number of rotatable bonds is 14. The SMILES string of the molecule is O=C(N[C@@H](Cc1c[nH]c2ccccc12)C(=O)N[C@@H](C[Se]c1ccccc1)C(=O)OC(c1ccccc1)c1ccccc1)OCC1c2ccccc2-c2ccccc21. The van der Waals surface area contributed by atoms with Crippen molar-refractivity contribution in [3.8, 4) is 11.1 Å². The molecule has 0 aliphatic heterocycles. The Morgan fingerprint density at radius 1 is 0.632 bits per heavy atom. The molecule has 0 saturated heterocycles. The molecule has 0 radical (unpaired) electrons. The molecule has 1 aliphatic rings. The molecule has 1 heterocycles. The number of carbonyl (C=O) groups is 3. The van der Waals surface area contributed by atoms with E-state index in [4.69, 9.17) is 9.47 Å². The molecule has 57 heavy (non-hydrogen) atoms. The number of ether oxygens (including phenoxy) is 2. The van der Waals surface area contributed by atoms with Crippen molar-refractivity contribution in [2.24, 2.45) is 0 Å². The topological polar surface area (TPSA) is 110 Å². The van der Waals surface area contributed by atoms with Crippen molar-refractivity contribution in [3.63, 3.8) is 0 Å². The first-order chi connectivity index (χ1) is 28.0. The molecule has 8 nitrogen and oxygen atoms in total. The van der Waals surface area contributed by atoms with Gasteiger partial charge >= 0.3 is 303 Å². The predicted molar refractivity (Wildman–Crippen MR) is 223 cm³/mol. The molecule has 8 rings (SSSR count). The summed E-state index contributed by atoms with van der Waals surface area (Å²) < 4.78 is 13.3. The van der Waals surface area contributed by atoms with E-state index in [9.17, 15) is 14.4 Å². The Labute approximate surface area is 337 Å². The average Bonchev–Trinajstić information content (AvgIpc) is 3.82. The second kappa shape index (κ2) is 17.6. The quantitative estimate of drug-likeness (QED) is 0.0765. The van der Waals surface area contributed by atoms with Crippen molar-refractivity contribution in [2.45, 2.75) is 35.8 Å². The number of aromatic amines is 1. The van der Waals surface area contributed by atoms with Crippen molar-refractivity contribution in [2.75, 3.05) is 6.61 Å². The Bertz CT molecular complexity index is 2390. The summed E-state index contributed by atoms with van der Waals surface area (Å²) in [7, 11) is 0. The number of aromatic nitrogens is 1. The second-order valence-corrected chi connectivity index (χ2v) is 16.2. The maximum absolute atomic E-state index is 14.5. The van der Waals surface area contributed by atoms with Gasteiger partial charge in [-0.15, -0.1) is 0 Å². The van der Waals surface area contributed by atoms with E-state index in [-0.39, 0.29) is 33.9 Å². The van der Waals surface area contributed by atoms with Gasteiger partial charge in [0.2, 0.25) is 0 Å². The monoisotopic (exact) mass is 819 g/mol. The second-order valence-electron chi connectivity index (χ2n) is 13.9. The van der Waals surface area contributed by atoms with Gasteiger partial charge in [-0.25, -0.2) is 0 Å². The van der Waals surface area contributed by atoms with Crippen LogP contribution in [0.5, 0.6) is 0 Å². The van der Waals surface area contributed by atoms with Crippen LogP contribution in [0, 0.1) is 0 Å². The minimum absolute atomic E-state index is 0.0934. The summed E-state index contributed by atoms with van der Waals surface area (Å²) in [6.45, 7) is 0.0934. The van der Waals surface area contributed by atoms with Crippen LogP contribution in [0.1, 0.15) is 39.8 Å². The van der Waals surface area contributed by atoms with Gasteiger partial charge in [0, 0.05) is 0 Å². The third kappa shape index (κ3) is 8.70. The first-order valence-electron chi connectivity index (χ1n) is 19.0. The zero-order valence-corrected chi connectivity index (χ0v) is 32.8. The van der Waals surface area contributed by atoms with Gasteiger partial charge in [-0.1, -0.05) is 36.4 Å². The number of amides is 2. The predicted octanol–water partition coefficient (Wildman–Crippen LogP) is 7.88. The number of fused-ring (bicyclic) bond motifs is 4. The summed E-state index contributed by atoms with van der Waals surface area (Å²) in [4.78, 5) is 45.8. The Kier molecular flexibility index (Phi) is 11.6. The maximum atomic E-state index is 14.5. The molecule has 2 atom stereocenters. The number of nitrogens with one attached hydrogen (secondary N) is 3. The zero-order chi connectivity index (χ0) is 39.0. The summed E-state index contributed by atoms with van der Waals surface area (Å²) in [5.74, 6) is -1.23. The first-order valence-corrected chi connectivity index (χ1v) is 21.0. The molecule has 9 heteroatoms. The fourth-order valence-corrected chi connectivity index (χ4v) is 9.38. The molecule has 1 aliphatic carbocycles. The van der Waals surface area contributed by atoms with Gasteiger partial charge in [-0.05, 0) is 0 Å². The molecular weight excluding hydrogens is 778 g/mol. The molecule has 284 valence electrons. The van der Waals surface area contributed by atoms with Crippen molar-refractivity contribution >= 4 is 48.3 Å². The minimum atomic E-state index is -1.07. The fourth-order valence-electron chi connectivity index (χ4n) is 7.43. The number of para-hydroxylation sites is 1. The van der Waals surface area contributed by atoms with Crippen LogP contribution in [0.15, 0.2) is 170 Å². The number of hydrogen-bond donors (Lipinski definition) is 3. The summed E-state index contributed by atoms with van der Waals surface area (Å²) in [5, 5.41) is 7.14. The van der Waals surface area contributed by atoms with Crippen LogP contribution in [0.3, 0.4) is 0 Å². The third-order valence-corrected chi connectivity index (χ3v) is 12.6. The van der Waals surface area contributed by atoms with Crippen molar-refractivity contribution in [1.82, 2.24) is 15.6 Å². The molecule has 7 aromatic rings. The van der Waals surface area contributed by atoms with E-state index in [2.05, 4.69) is 39.9 Å². The summed E-state index contributed by atoms with van der Waals surface area (Å²) in [6, 6.07) is 51.0. The van der Waals surface area contributed by atoms with Crippen LogP contribution in [0.2, 0.25) is 5.32 Å². The zero-order valence-electron chi connectivity index (χ0n) is 31.0. The van der Waals surface area contributed by atoms with Crippen LogP contribution in [-0.2, 0) is 25.5 Å². The van der Waals surface area contributed by atoms with Crippen LogP contribution >= 0.6 is 0 Å². The number of alkyl carbamates (subject to hydrolysis) is 1. The van der Waals surface area contributed by atoms with Crippen molar-refractivity contribution in [3.05, 3.63) is 198 Å². The molecule has 0 saturated carbocycles. The molecular formula is C48H41N3O5Se. The Hall–Kier alpha value is -6.41. The standard InChI is InChI=1S/C48H41N3O5Se/c52-46(50-44(31-57-35-20-8-3-9-21-35)47(53)56-45(32-16-4-1-5-17-32)33-18-6-2-7-19-33)43(28-34-29-49-42-27-15-14-22-36(34)42)51-48(54)55-30-41-39-25-12-10-23-37(39)38-24-11-13-26-40(38)41/h1-27,29,41,43-45,49H,28,30-31H2,(H,50,52)(H,51,54)/t43-,44-/m0/s1. The number of hydrogen-bond acceptors (Lipinski definition) is 5. The Morgan fingerprint density at radius 2 is 1.19 bits per heavy atom. The third-order valence-electron chi connectivity index (χ3n) is 10.3. The van der Waals surface area contributed by atoms with Gasteiger partial charge in [0.1, 0.15) is 0 Å². The normalized spacial score (nSPS) is 13.0. The van der Waals surface area contributed by atoms with Gasteiger partial charge in [-0.2, -0.15) is 0 Å². The van der Waals surface area contributed by atoms with Crippen LogP contribution in [0.25, 0.3) is 22.0 Å². The molecule has 1 aromatic heterocycles. The van der Waals surface area contributed by atoms with Crippen molar-refractivity contribution < 1.29 is 23.9 Å². The van der Waals surface area contributed by atoms with Crippen molar-refractivity contribution in [1.29, 1.82) is 0 Å². The fraction of sp³-hybridized carbons (Fsp3) is 0.146. The Morgan fingerprint density at radius 3 is 1.84 bits per heavy atom. The average molecular weight is 819 g/mol. The van der Waals surface area contributed by atoms with E-state index in [0.717, 1.165) is 54.3 Å². The number of esters is 1. The summed E-state index contributed by atoms with van der Waals surface area (Å²) in [6.07, 6.45) is 0.587. The molecule has 3 N–H and O–H groups in total. The van der Waals surface area contributed by atoms with Gasteiger partial charge in [0.15, 0.2) is 0 Å². The summed E-state index contributed by atoms with van der Waals surface area (Å²) >= 11 is -0.181. The van der Waals surface area contributed by atoms with E-state index in [1.807, 2.05) is 146 Å². The van der Waals surface area contributed by atoms with Crippen LogP contribution < -0.4 is 15.1 Å². The van der Waals surface area contributed by atoms with Gasteiger partial charge < -0.3 is 0 Å². The van der Waals surface area contributed by atoms with Crippen LogP contribution in [-0.4, -0.2) is 56.6 Å². The molecule has 0 bridgehead atoms. The van der Waals surface area contributed by atoms with Gasteiger partial charge in [0.25, 0.3) is 0 Å².